The Kier molecular flexibility index (Phi) is 7.48. The standard InChI is InChI=1S/C24H35BN2O3/c1-24(2,3)30-23(29)26-14-12-18(13-15-26)17-27(21-11-7-10-20(25)16-21)22(28)19-8-5-4-6-9-19/h7,10-11,16,18-19H,4-6,8-9,12-15,17H2,1-3H3. The average molecular weight is 410 g/mol. The molecular weight excluding hydrogens is 375 g/mol. The molecular formula is C24H35BN2O3. The van der Waals surface area contributed by atoms with Crippen LogP contribution in [0.25, 0.3) is 0 Å². The molecule has 1 aromatic rings. The molecule has 5 nitrogen and oxygen atoms in total. The lowest BCUT2D eigenvalue weighted by Gasteiger charge is -2.37. The molecule has 1 aliphatic heterocycles. The third-order valence-corrected chi connectivity index (χ3v) is 6.11. The van der Waals surface area contributed by atoms with Crippen LogP contribution in [0.1, 0.15) is 65.7 Å². The molecule has 6 heteroatoms. The van der Waals surface area contributed by atoms with E-state index in [1.54, 1.807) is 4.90 Å². The SMILES string of the molecule is [B]c1cccc(N(CC2CCN(C(=O)OC(C)(C)C)CC2)C(=O)C2CCCCC2)c1. The monoisotopic (exact) mass is 410 g/mol. The van der Waals surface area contributed by atoms with Gasteiger partial charge in [-0.05, 0) is 64.5 Å². The van der Waals surface area contributed by atoms with Crippen LogP contribution in [-0.4, -0.2) is 50.0 Å². The molecule has 0 aromatic heterocycles. The van der Waals surface area contributed by atoms with Crippen LogP contribution in [-0.2, 0) is 9.53 Å². The van der Waals surface area contributed by atoms with Gasteiger partial charge in [-0.2, -0.15) is 0 Å². The molecule has 2 radical (unpaired) electrons. The number of rotatable bonds is 4. The molecule has 3 rings (SSSR count). The Morgan fingerprint density at radius 2 is 1.77 bits per heavy atom. The summed E-state index contributed by atoms with van der Waals surface area (Å²) in [5.74, 6) is 0.703. The van der Waals surface area contributed by atoms with Crippen molar-refractivity contribution in [1.82, 2.24) is 4.90 Å². The maximum atomic E-state index is 13.4. The lowest BCUT2D eigenvalue weighted by molar-refractivity contribution is -0.123. The van der Waals surface area contributed by atoms with Crippen molar-refractivity contribution in [2.24, 2.45) is 11.8 Å². The molecule has 1 aromatic carbocycles. The Morgan fingerprint density at radius 3 is 2.37 bits per heavy atom. The van der Waals surface area contributed by atoms with Gasteiger partial charge in [0.1, 0.15) is 13.4 Å². The minimum Gasteiger partial charge on any atom is -0.444 e. The highest BCUT2D eigenvalue weighted by Crippen LogP contribution is 2.29. The van der Waals surface area contributed by atoms with Crippen molar-refractivity contribution in [3.8, 4) is 0 Å². The van der Waals surface area contributed by atoms with Crippen LogP contribution < -0.4 is 10.4 Å². The molecule has 1 saturated heterocycles. The summed E-state index contributed by atoms with van der Waals surface area (Å²) in [5.41, 5.74) is 1.08. The van der Waals surface area contributed by atoms with Crippen LogP contribution in [0.2, 0.25) is 0 Å². The minimum atomic E-state index is -0.482. The Balaban J connectivity index is 1.65. The largest absolute Gasteiger partial charge is 0.444 e. The first kappa shape index (κ1) is 22.7. The number of carbonyl (C=O) groups excluding carboxylic acids is 2. The molecule has 2 aliphatic rings. The summed E-state index contributed by atoms with van der Waals surface area (Å²) in [7, 11) is 6.01. The van der Waals surface area contributed by atoms with E-state index >= 15 is 0 Å². The highest BCUT2D eigenvalue weighted by atomic mass is 16.6. The second-order valence-corrected chi connectivity index (χ2v) is 9.79. The lowest BCUT2D eigenvalue weighted by Crippen LogP contribution is -2.46. The van der Waals surface area contributed by atoms with Crippen LogP contribution in [0.3, 0.4) is 0 Å². The van der Waals surface area contributed by atoms with E-state index in [1.165, 1.54) is 6.42 Å². The van der Waals surface area contributed by atoms with E-state index in [1.807, 2.05) is 49.9 Å². The van der Waals surface area contributed by atoms with Gasteiger partial charge in [-0.3, -0.25) is 4.79 Å². The number of benzene rings is 1. The van der Waals surface area contributed by atoms with Gasteiger partial charge in [-0.15, -0.1) is 0 Å². The summed E-state index contributed by atoms with van der Waals surface area (Å²) in [6, 6.07) is 7.65. The second kappa shape index (κ2) is 9.89. The number of hydrogen-bond acceptors (Lipinski definition) is 3. The van der Waals surface area contributed by atoms with E-state index < -0.39 is 5.60 Å². The quantitative estimate of drug-likeness (QED) is 0.704. The molecule has 2 fully saturated rings. The number of piperidine rings is 1. The predicted molar refractivity (Wildman–Crippen MR) is 121 cm³/mol. The summed E-state index contributed by atoms with van der Waals surface area (Å²) in [6.45, 7) is 7.68. The molecule has 0 bridgehead atoms. The smallest absolute Gasteiger partial charge is 0.410 e. The molecule has 0 N–H and O–H groups in total. The Hall–Kier alpha value is -1.98. The summed E-state index contributed by atoms with van der Waals surface area (Å²) >= 11 is 0. The number of anilines is 1. The van der Waals surface area contributed by atoms with Crippen molar-refractivity contribution in [2.75, 3.05) is 24.5 Å². The highest BCUT2D eigenvalue weighted by Gasteiger charge is 2.31. The summed E-state index contributed by atoms with van der Waals surface area (Å²) in [6.07, 6.45) is 6.96. The molecule has 30 heavy (non-hydrogen) atoms. The van der Waals surface area contributed by atoms with Crippen LogP contribution >= 0.6 is 0 Å². The fourth-order valence-corrected chi connectivity index (χ4v) is 4.47. The van der Waals surface area contributed by atoms with Gasteiger partial charge < -0.3 is 14.5 Å². The van der Waals surface area contributed by atoms with Crippen molar-refractivity contribution in [3.05, 3.63) is 24.3 Å². The Morgan fingerprint density at radius 1 is 1.10 bits per heavy atom. The zero-order valence-corrected chi connectivity index (χ0v) is 18.7. The van der Waals surface area contributed by atoms with Gasteiger partial charge in [0.2, 0.25) is 5.91 Å². The first-order valence-electron chi connectivity index (χ1n) is 11.4. The number of nitrogens with zero attached hydrogens (tertiary/aromatic N) is 2. The van der Waals surface area contributed by atoms with Crippen molar-refractivity contribution in [2.45, 2.75) is 71.3 Å². The third-order valence-electron chi connectivity index (χ3n) is 6.11. The molecule has 1 saturated carbocycles. The molecule has 2 amide bonds. The summed E-state index contributed by atoms with van der Waals surface area (Å²) in [5, 5.41) is 0. The van der Waals surface area contributed by atoms with Gasteiger partial charge in [0.15, 0.2) is 0 Å². The number of ether oxygens (including phenoxy) is 1. The van der Waals surface area contributed by atoms with Gasteiger partial charge >= 0.3 is 6.09 Å². The minimum absolute atomic E-state index is 0.113. The summed E-state index contributed by atoms with van der Waals surface area (Å²) in [4.78, 5) is 29.5. The van der Waals surface area contributed by atoms with Gasteiger partial charge in [-0.25, -0.2) is 4.79 Å². The Labute approximate surface area is 182 Å². The van der Waals surface area contributed by atoms with E-state index in [-0.39, 0.29) is 17.9 Å². The maximum Gasteiger partial charge on any atom is 0.410 e. The molecule has 0 unspecified atom stereocenters. The molecule has 162 valence electrons. The van der Waals surface area contributed by atoms with E-state index in [9.17, 15) is 9.59 Å². The highest BCUT2D eigenvalue weighted by molar-refractivity contribution is 6.32. The van der Waals surface area contributed by atoms with Crippen LogP contribution in [0.4, 0.5) is 10.5 Å². The van der Waals surface area contributed by atoms with Crippen molar-refractivity contribution >= 4 is 31.0 Å². The predicted octanol–water partition coefficient (Wildman–Crippen LogP) is 4.04. The normalized spacial score (nSPS) is 18.8. The third kappa shape index (κ3) is 6.26. The van der Waals surface area contributed by atoms with E-state index in [2.05, 4.69) is 0 Å². The van der Waals surface area contributed by atoms with E-state index in [0.717, 1.165) is 44.2 Å². The topological polar surface area (TPSA) is 49.9 Å². The fourth-order valence-electron chi connectivity index (χ4n) is 4.47. The van der Waals surface area contributed by atoms with Crippen LogP contribution in [0.5, 0.6) is 0 Å². The van der Waals surface area contributed by atoms with Gasteiger partial charge in [-0.1, -0.05) is 36.9 Å². The number of hydrogen-bond donors (Lipinski definition) is 0. The number of likely N-dealkylation sites (tertiary alicyclic amines) is 1. The van der Waals surface area contributed by atoms with Gasteiger partial charge in [0.05, 0.1) is 0 Å². The van der Waals surface area contributed by atoms with Crippen molar-refractivity contribution < 1.29 is 14.3 Å². The zero-order valence-electron chi connectivity index (χ0n) is 18.7. The molecule has 0 spiro atoms. The average Bonchev–Trinajstić information content (AvgIpc) is 2.71. The first-order valence-corrected chi connectivity index (χ1v) is 11.4. The van der Waals surface area contributed by atoms with E-state index in [0.29, 0.717) is 31.0 Å². The Bertz CT molecular complexity index is 732. The van der Waals surface area contributed by atoms with Crippen molar-refractivity contribution in [1.29, 1.82) is 0 Å². The molecule has 1 aliphatic carbocycles. The lowest BCUT2D eigenvalue weighted by atomic mass is 9.87. The maximum absolute atomic E-state index is 13.4. The van der Waals surface area contributed by atoms with Crippen molar-refractivity contribution in [3.63, 3.8) is 0 Å². The van der Waals surface area contributed by atoms with Crippen LogP contribution in [0, 0.1) is 11.8 Å². The van der Waals surface area contributed by atoms with Gasteiger partial charge in [0.25, 0.3) is 0 Å². The number of carbonyl (C=O) groups is 2. The van der Waals surface area contributed by atoms with Crippen LogP contribution in [0.15, 0.2) is 24.3 Å². The second-order valence-electron chi connectivity index (χ2n) is 9.79. The number of amides is 2. The van der Waals surface area contributed by atoms with Gasteiger partial charge in [0, 0.05) is 31.2 Å². The fraction of sp³-hybridized carbons (Fsp3) is 0.667. The molecule has 0 atom stereocenters. The zero-order chi connectivity index (χ0) is 21.7. The molecule has 1 heterocycles. The van der Waals surface area contributed by atoms with E-state index in [4.69, 9.17) is 12.6 Å². The first-order chi connectivity index (χ1) is 14.2. The summed E-state index contributed by atoms with van der Waals surface area (Å²) < 4.78 is 5.50.